The zero-order valence-corrected chi connectivity index (χ0v) is 36.9. The number of likely N-dealkylation sites (tertiary alicyclic amines) is 3. The molecule has 0 atom stereocenters. The van der Waals surface area contributed by atoms with Gasteiger partial charge in [-0.25, -0.2) is 9.59 Å². The number of carbonyl (C=O) groups is 3. The Balaban J connectivity index is 0.000000198. The molecule has 2 spiro atoms. The number of hydrogen-bond acceptors (Lipinski definition) is 6. The van der Waals surface area contributed by atoms with Crippen LogP contribution in [0.25, 0.3) is 0 Å². The van der Waals surface area contributed by atoms with Crippen molar-refractivity contribution in [3.63, 3.8) is 0 Å². The molecule has 0 bridgehead atoms. The predicted molar refractivity (Wildman–Crippen MR) is 221 cm³/mol. The van der Waals surface area contributed by atoms with Crippen molar-refractivity contribution in [2.45, 2.75) is 129 Å². The summed E-state index contributed by atoms with van der Waals surface area (Å²) in [5.74, 6) is 0. The highest BCUT2D eigenvalue weighted by atomic mass is 79.9. The first-order valence-electron chi connectivity index (χ1n) is 18.9. The molecule has 294 valence electrons. The van der Waals surface area contributed by atoms with Gasteiger partial charge in [-0.1, -0.05) is 67.9 Å². The Kier molecular flexibility index (Phi) is 15.6. The van der Waals surface area contributed by atoms with Crippen LogP contribution in [0, 0.1) is 5.41 Å². The highest BCUT2D eigenvalue weighted by molar-refractivity contribution is 9.10. The van der Waals surface area contributed by atoms with Gasteiger partial charge in [-0.15, -0.1) is 0 Å². The van der Waals surface area contributed by atoms with Crippen LogP contribution in [0.1, 0.15) is 122 Å². The third-order valence-corrected chi connectivity index (χ3v) is 11.9. The summed E-state index contributed by atoms with van der Waals surface area (Å²) >= 11 is 18.6. The predicted octanol–water partition coefficient (Wildman–Crippen LogP) is 12.0. The number of benzene rings is 2. The number of nitrogens with zero attached hydrogens (tertiary/aromatic N) is 3. The first kappa shape index (κ1) is 43.9. The number of hydrogen-bond donors (Lipinski definition) is 0. The molecule has 2 aromatic carbocycles. The Morgan fingerprint density at radius 1 is 0.679 bits per heavy atom. The lowest BCUT2D eigenvalue weighted by atomic mass is 9.77. The average Bonchev–Trinajstić information content (AvgIpc) is 3.66. The molecule has 2 amide bonds. The monoisotopic (exact) mass is 899 g/mol. The van der Waals surface area contributed by atoms with Gasteiger partial charge in [0.25, 0.3) is 0 Å². The van der Waals surface area contributed by atoms with Gasteiger partial charge in [0.1, 0.15) is 17.5 Å². The molecule has 0 N–H and O–H groups in total. The van der Waals surface area contributed by atoms with Gasteiger partial charge >= 0.3 is 12.2 Å². The van der Waals surface area contributed by atoms with E-state index in [4.69, 9.17) is 32.7 Å². The summed E-state index contributed by atoms with van der Waals surface area (Å²) < 4.78 is 12.8. The van der Waals surface area contributed by atoms with Crippen molar-refractivity contribution in [2.75, 3.05) is 32.7 Å². The second-order valence-corrected chi connectivity index (χ2v) is 19.7. The van der Waals surface area contributed by atoms with E-state index in [1.54, 1.807) is 18.2 Å². The minimum atomic E-state index is -0.439. The second-order valence-electron chi connectivity index (χ2n) is 17.0. The van der Waals surface area contributed by atoms with Crippen molar-refractivity contribution in [1.29, 1.82) is 0 Å². The molecule has 2 aromatic rings. The fraction of sp³-hybridized carbons (Fsp3) is 0.634. The van der Waals surface area contributed by atoms with Gasteiger partial charge in [0.15, 0.2) is 0 Å². The summed E-state index contributed by atoms with van der Waals surface area (Å²) in [6.45, 7) is 16.8. The highest BCUT2D eigenvalue weighted by Gasteiger charge is 2.44. The van der Waals surface area contributed by atoms with Gasteiger partial charge in [-0.05, 0) is 147 Å². The van der Waals surface area contributed by atoms with Gasteiger partial charge in [-0.3, -0.25) is 9.69 Å². The molecule has 12 heteroatoms. The van der Waals surface area contributed by atoms with Crippen molar-refractivity contribution >= 4 is 73.5 Å². The molecule has 8 nitrogen and oxygen atoms in total. The Morgan fingerprint density at radius 3 is 1.64 bits per heavy atom. The van der Waals surface area contributed by atoms with E-state index in [0.717, 1.165) is 72.4 Å². The van der Waals surface area contributed by atoms with E-state index in [2.05, 4.69) is 42.8 Å². The molecular formula is C41H57Br2Cl2N3O5. The van der Waals surface area contributed by atoms with E-state index in [1.165, 1.54) is 56.9 Å². The first-order chi connectivity index (χ1) is 24.8. The Hall–Kier alpha value is -1.85. The fourth-order valence-electron chi connectivity index (χ4n) is 7.92. The third-order valence-electron chi connectivity index (χ3n) is 10.5. The van der Waals surface area contributed by atoms with Crippen LogP contribution in [0.3, 0.4) is 0 Å². The standard InChI is InChI=1S/C20H28BrClN2O2.C14H25NO2.C7H4BrClO/c1-19(2,3)26-18(25)23-9-6-20(7-10-23)5-4-8-24(20)14-15-11-16(21)13-17(22)12-15;1-13(2,3)17-12(16)15-10-8-14(9-11-15)6-4-5-7-14;8-6-1-5(4-10)2-7(9)3-6/h11-13H,4-10,14H2,1-3H3;4-11H2,1-3H3;1-4H. The fourth-order valence-corrected chi connectivity index (χ4v) is 9.74. The summed E-state index contributed by atoms with van der Waals surface area (Å²) in [5, 5.41) is 1.33. The van der Waals surface area contributed by atoms with Crippen LogP contribution < -0.4 is 0 Å². The van der Waals surface area contributed by atoms with Gasteiger partial charge in [0.2, 0.25) is 0 Å². The summed E-state index contributed by atoms with van der Waals surface area (Å²) in [5.41, 5.74) is 1.77. The quantitative estimate of drug-likeness (QED) is 0.286. The number of halogens is 4. The number of carbonyl (C=O) groups excluding carboxylic acids is 3. The van der Waals surface area contributed by atoms with Gasteiger partial charge in [0, 0.05) is 62.8 Å². The van der Waals surface area contributed by atoms with Crippen molar-refractivity contribution in [3.8, 4) is 0 Å². The molecule has 0 unspecified atom stereocenters. The van der Waals surface area contributed by atoms with Crippen LogP contribution in [0.4, 0.5) is 9.59 Å². The van der Waals surface area contributed by atoms with E-state index in [1.807, 2.05) is 63.5 Å². The van der Waals surface area contributed by atoms with Gasteiger partial charge in [-0.2, -0.15) is 0 Å². The van der Waals surface area contributed by atoms with E-state index >= 15 is 0 Å². The largest absolute Gasteiger partial charge is 0.444 e. The van der Waals surface area contributed by atoms with Crippen LogP contribution in [-0.4, -0.2) is 82.6 Å². The lowest BCUT2D eigenvalue weighted by Crippen LogP contribution is -2.53. The maximum atomic E-state index is 12.3. The maximum absolute atomic E-state index is 12.3. The van der Waals surface area contributed by atoms with Crippen LogP contribution >= 0.6 is 55.1 Å². The topological polar surface area (TPSA) is 79.4 Å². The Morgan fingerprint density at radius 2 is 1.17 bits per heavy atom. The molecule has 3 aliphatic heterocycles. The van der Waals surface area contributed by atoms with E-state index < -0.39 is 5.60 Å². The number of amides is 2. The maximum Gasteiger partial charge on any atom is 0.410 e. The summed E-state index contributed by atoms with van der Waals surface area (Å²) in [4.78, 5) is 40.8. The molecule has 1 aliphatic carbocycles. The number of rotatable bonds is 3. The van der Waals surface area contributed by atoms with E-state index in [9.17, 15) is 14.4 Å². The van der Waals surface area contributed by atoms with Gasteiger partial charge < -0.3 is 19.3 Å². The smallest absolute Gasteiger partial charge is 0.410 e. The van der Waals surface area contributed by atoms with Crippen LogP contribution in [0.2, 0.25) is 10.0 Å². The van der Waals surface area contributed by atoms with Crippen LogP contribution in [-0.2, 0) is 16.0 Å². The van der Waals surface area contributed by atoms with Crippen molar-refractivity contribution in [1.82, 2.24) is 14.7 Å². The Bertz CT molecular complexity index is 1510. The molecule has 0 radical (unpaired) electrons. The molecule has 1 saturated carbocycles. The molecule has 4 aliphatic rings. The van der Waals surface area contributed by atoms with E-state index in [-0.39, 0.29) is 23.3 Å². The zero-order chi connectivity index (χ0) is 39.0. The first-order valence-corrected chi connectivity index (χ1v) is 21.2. The lowest BCUT2D eigenvalue weighted by molar-refractivity contribution is 0.00153. The molecule has 53 heavy (non-hydrogen) atoms. The molecule has 3 saturated heterocycles. The SMILES string of the molecule is CC(C)(C)OC(=O)N1CCC2(CCCC2)CC1.CC(C)(C)OC(=O)N1CCC2(CCCN2Cc2cc(Cl)cc(Br)c2)CC1.O=Cc1cc(Cl)cc(Br)c1. The minimum Gasteiger partial charge on any atom is -0.444 e. The molecule has 4 fully saturated rings. The van der Waals surface area contributed by atoms with Crippen molar-refractivity contribution < 1.29 is 23.9 Å². The average molecular weight is 903 g/mol. The zero-order valence-electron chi connectivity index (χ0n) is 32.2. The molecular weight excluding hydrogens is 845 g/mol. The van der Waals surface area contributed by atoms with Crippen LogP contribution in [0.5, 0.6) is 0 Å². The Labute approximate surface area is 343 Å². The molecule has 0 aromatic heterocycles. The summed E-state index contributed by atoms with van der Waals surface area (Å²) in [6, 6.07) is 11.2. The van der Waals surface area contributed by atoms with Crippen LogP contribution in [0.15, 0.2) is 45.3 Å². The molecule has 3 heterocycles. The van der Waals surface area contributed by atoms with E-state index in [0.29, 0.717) is 16.0 Å². The second kappa shape index (κ2) is 18.9. The van der Waals surface area contributed by atoms with Gasteiger partial charge in [0.05, 0.1) is 0 Å². The van der Waals surface area contributed by atoms with Crippen molar-refractivity contribution in [2.24, 2.45) is 5.41 Å². The number of ether oxygens (including phenoxy) is 2. The highest BCUT2D eigenvalue weighted by Crippen LogP contribution is 2.46. The minimum absolute atomic E-state index is 0.134. The lowest BCUT2D eigenvalue weighted by Gasteiger charge is -2.45. The summed E-state index contributed by atoms with van der Waals surface area (Å²) in [7, 11) is 0. The normalized spacial score (nSPS) is 19.6. The number of aldehydes is 1. The summed E-state index contributed by atoms with van der Waals surface area (Å²) in [6.07, 6.45) is 12.7. The molecule has 6 rings (SSSR count). The third kappa shape index (κ3) is 13.7. The number of piperidine rings is 2. The van der Waals surface area contributed by atoms with Crippen molar-refractivity contribution in [3.05, 3.63) is 66.5 Å².